The van der Waals surface area contributed by atoms with Crippen molar-refractivity contribution in [2.45, 2.75) is 78.6 Å². The average molecular weight is 320 g/mol. The molecule has 0 aliphatic rings. The van der Waals surface area contributed by atoms with Crippen molar-refractivity contribution in [2.75, 3.05) is 0 Å². The molecule has 0 radical (unpaired) electrons. The van der Waals surface area contributed by atoms with Crippen LogP contribution >= 0.6 is 0 Å². The minimum absolute atomic E-state index is 0.0206. The molecule has 0 heterocycles. The van der Waals surface area contributed by atoms with Gasteiger partial charge >= 0.3 is 5.97 Å². The molecule has 0 bridgehead atoms. The monoisotopic (exact) mass is 320 g/mol. The van der Waals surface area contributed by atoms with E-state index in [-0.39, 0.29) is 16.7 Å². The van der Waals surface area contributed by atoms with Gasteiger partial charge in [-0.05, 0) is 41.4 Å². The molecular formula is C20H32O3. The average Bonchev–Trinajstić information content (AvgIpc) is 2.42. The van der Waals surface area contributed by atoms with Crippen LogP contribution in [0.1, 0.15) is 88.2 Å². The molecule has 0 spiro atoms. The van der Waals surface area contributed by atoms with Crippen LogP contribution in [0.25, 0.3) is 0 Å². The summed E-state index contributed by atoms with van der Waals surface area (Å²) in [6.45, 7) is 10.6. The van der Waals surface area contributed by atoms with Crippen LogP contribution in [0.5, 0.6) is 5.75 Å². The Bertz CT molecular complexity index is 524. The quantitative estimate of drug-likeness (QED) is 0.618. The summed E-state index contributed by atoms with van der Waals surface area (Å²) >= 11 is 0. The second kappa shape index (κ2) is 8.37. The number of unbranched alkanes of at least 4 members (excludes halogenated alkanes) is 3. The molecule has 0 saturated carbocycles. The topological polar surface area (TPSA) is 57.5 Å². The second-order valence-corrected chi connectivity index (χ2v) is 7.93. The van der Waals surface area contributed by atoms with Crippen LogP contribution in [0, 0.1) is 5.92 Å². The highest BCUT2D eigenvalue weighted by atomic mass is 16.4. The third kappa shape index (κ3) is 6.25. The Kier molecular flexibility index (Phi) is 7.11. The molecule has 3 nitrogen and oxygen atoms in total. The number of carboxylic acids is 1. The first-order valence-corrected chi connectivity index (χ1v) is 8.72. The minimum Gasteiger partial charge on any atom is -0.507 e. The maximum Gasteiger partial charge on any atom is 0.339 e. The summed E-state index contributed by atoms with van der Waals surface area (Å²) in [5, 5.41) is 19.6. The summed E-state index contributed by atoms with van der Waals surface area (Å²) in [7, 11) is 0. The standard InChI is InChI=1S/C20H32O3/c1-14(2)10-8-6-7-9-11-15-12-16(20(3,4)5)13-17(18(15)21)19(22)23/h12-14,21H,6-11H2,1-5H3,(H,22,23). The lowest BCUT2D eigenvalue weighted by atomic mass is 9.84. The molecular weight excluding hydrogens is 288 g/mol. The van der Waals surface area contributed by atoms with Crippen molar-refractivity contribution in [1.82, 2.24) is 0 Å². The van der Waals surface area contributed by atoms with Gasteiger partial charge in [-0.3, -0.25) is 0 Å². The third-order valence-corrected chi connectivity index (χ3v) is 4.26. The number of rotatable bonds is 8. The van der Waals surface area contributed by atoms with Crippen molar-refractivity contribution in [1.29, 1.82) is 0 Å². The Morgan fingerprint density at radius 3 is 2.22 bits per heavy atom. The molecule has 23 heavy (non-hydrogen) atoms. The van der Waals surface area contributed by atoms with Gasteiger partial charge in [0.25, 0.3) is 0 Å². The van der Waals surface area contributed by atoms with Crippen molar-refractivity contribution in [3.63, 3.8) is 0 Å². The zero-order chi connectivity index (χ0) is 17.6. The number of hydrogen-bond acceptors (Lipinski definition) is 2. The molecule has 1 aromatic carbocycles. The zero-order valence-corrected chi connectivity index (χ0v) is 15.3. The van der Waals surface area contributed by atoms with Gasteiger partial charge in [-0.25, -0.2) is 4.79 Å². The summed E-state index contributed by atoms with van der Waals surface area (Å²) < 4.78 is 0. The highest BCUT2D eigenvalue weighted by molar-refractivity contribution is 5.91. The van der Waals surface area contributed by atoms with Gasteiger partial charge in [0.05, 0.1) is 0 Å². The molecule has 0 aliphatic carbocycles. The highest BCUT2D eigenvalue weighted by Gasteiger charge is 2.21. The minimum atomic E-state index is -1.06. The molecule has 0 aromatic heterocycles. The number of aromatic carboxylic acids is 1. The number of aryl methyl sites for hydroxylation is 1. The molecule has 0 aliphatic heterocycles. The maximum absolute atomic E-state index is 11.4. The summed E-state index contributed by atoms with van der Waals surface area (Å²) in [5.74, 6) is -0.375. The molecule has 0 fully saturated rings. The smallest absolute Gasteiger partial charge is 0.339 e. The van der Waals surface area contributed by atoms with Crippen molar-refractivity contribution in [3.8, 4) is 5.75 Å². The van der Waals surface area contributed by atoms with Crippen molar-refractivity contribution in [2.24, 2.45) is 5.92 Å². The predicted octanol–water partition coefficient (Wildman–Crippen LogP) is 5.54. The third-order valence-electron chi connectivity index (χ3n) is 4.26. The largest absolute Gasteiger partial charge is 0.507 e. The summed E-state index contributed by atoms with van der Waals surface area (Å²) in [4.78, 5) is 11.4. The lowest BCUT2D eigenvalue weighted by Gasteiger charge is -2.21. The van der Waals surface area contributed by atoms with E-state index in [1.165, 1.54) is 19.3 Å². The van der Waals surface area contributed by atoms with Gasteiger partial charge in [-0.15, -0.1) is 0 Å². The highest BCUT2D eigenvalue weighted by Crippen LogP contribution is 2.32. The number of benzene rings is 1. The van der Waals surface area contributed by atoms with Crippen LogP contribution in [-0.2, 0) is 11.8 Å². The van der Waals surface area contributed by atoms with Crippen LogP contribution in [0.15, 0.2) is 12.1 Å². The van der Waals surface area contributed by atoms with Gasteiger partial charge in [0.1, 0.15) is 11.3 Å². The summed E-state index contributed by atoms with van der Waals surface area (Å²) in [5.41, 5.74) is 1.61. The van der Waals surface area contributed by atoms with Crippen LogP contribution in [0.4, 0.5) is 0 Å². The van der Waals surface area contributed by atoms with E-state index in [0.717, 1.165) is 36.3 Å². The van der Waals surface area contributed by atoms with E-state index < -0.39 is 5.97 Å². The first-order valence-electron chi connectivity index (χ1n) is 8.72. The number of aromatic hydroxyl groups is 1. The fourth-order valence-electron chi connectivity index (χ4n) is 2.70. The lowest BCUT2D eigenvalue weighted by molar-refractivity contribution is 0.0693. The van der Waals surface area contributed by atoms with Gasteiger partial charge in [0.15, 0.2) is 0 Å². The first kappa shape index (κ1) is 19.5. The van der Waals surface area contributed by atoms with Crippen molar-refractivity contribution in [3.05, 3.63) is 28.8 Å². The van der Waals surface area contributed by atoms with Crippen LogP contribution < -0.4 is 0 Å². The fraction of sp³-hybridized carbons (Fsp3) is 0.650. The van der Waals surface area contributed by atoms with Gasteiger partial charge in [-0.1, -0.05) is 66.4 Å². The molecule has 0 unspecified atom stereocenters. The molecule has 0 amide bonds. The Balaban J connectivity index is 2.77. The SMILES string of the molecule is CC(C)CCCCCCc1cc(C(C)(C)C)cc(C(=O)O)c1O. The van der Waals surface area contributed by atoms with E-state index >= 15 is 0 Å². The lowest BCUT2D eigenvalue weighted by Crippen LogP contribution is -2.13. The van der Waals surface area contributed by atoms with E-state index in [4.69, 9.17) is 0 Å². The van der Waals surface area contributed by atoms with E-state index in [1.807, 2.05) is 6.07 Å². The van der Waals surface area contributed by atoms with Gasteiger partial charge in [0.2, 0.25) is 0 Å². The van der Waals surface area contributed by atoms with E-state index in [0.29, 0.717) is 0 Å². The molecule has 0 saturated heterocycles. The van der Waals surface area contributed by atoms with E-state index in [2.05, 4.69) is 34.6 Å². The number of carbonyl (C=O) groups is 1. The maximum atomic E-state index is 11.4. The Hall–Kier alpha value is -1.51. The number of phenols is 1. The summed E-state index contributed by atoms with van der Waals surface area (Å²) in [6, 6.07) is 3.57. The van der Waals surface area contributed by atoms with Gasteiger partial charge < -0.3 is 10.2 Å². The Morgan fingerprint density at radius 1 is 1.09 bits per heavy atom. The fourth-order valence-corrected chi connectivity index (χ4v) is 2.70. The van der Waals surface area contributed by atoms with E-state index in [1.54, 1.807) is 6.07 Å². The number of hydrogen-bond donors (Lipinski definition) is 2. The van der Waals surface area contributed by atoms with Crippen molar-refractivity contribution >= 4 is 5.97 Å². The van der Waals surface area contributed by atoms with Crippen LogP contribution in [0.2, 0.25) is 0 Å². The van der Waals surface area contributed by atoms with Crippen LogP contribution in [0.3, 0.4) is 0 Å². The normalized spacial score (nSPS) is 11.9. The molecule has 3 heteroatoms. The Morgan fingerprint density at radius 2 is 1.70 bits per heavy atom. The van der Waals surface area contributed by atoms with Crippen molar-refractivity contribution < 1.29 is 15.0 Å². The molecule has 1 aromatic rings. The zero-order valence-electron chi connectivity index (χ0n) is 15.3. The number of carboxylic acid groups (broad SMARTS) is 1. The first-order chi connectivity index (χ1) is 10.6. The molecule has 0 atom stereocenters. The van der Waals surface area contributed by atoms with Crippen LogP contribution in [-0.4, -0.2) is 16.2 Å². The molecule has 1 rings (SSSR count). The Labute approximate surface area is 140 Å². The second-order valence-electron chi connectivity index (χ2n) is 7.93. The van der Waals surface area contributed by atoms with Gasteiger partial charge in [-0.2, -0.15) is 0 Å². The molecule has 130 valence electrons. The van der Waals surface area contributed by atoms with Gasteiger partial charge in [0, 0.05) is 0 Å². The molecule has 2 N–H and O–H groups in total. The summed E-state index contributed by atoms with van der Waals surface area (Å²) in [6.07, 6.45) is 6.54. The van der Waals surface area contributed by atoms with E-state index in [9.17, 15) is 15.0 Å². The predicted molar refractivity (Wildman–Crippen MR) is 95.4 cm³/mol.